The number of phosphoric acid groups is 1. The summed E-state index contributed by atoms with van der Waals surface area (Å²) in [7, 11) is -3.74. The minimum atomic E-state index is -5.03. The number of phosphoric ester groups is 1. The smallest absolute Gasteiger partial charge is 0.395 e. The van der Waals surface area contributed by atoms with Crippen molar-refractivity contribution in [2.45, 2.75) is 68.5 Å². The number of hydrogen-bond acceptors (Lipinski definition) is 16. The summed E-state index contributed by atoms with van der Waals surface area (Å²) >= 11 is 5.30. The van der Waals surface area contributed by atoms with Gasteiger partial charge in [0.25, 0.3) is 5.56 Å². The van der Waals surface area contributed by atoms with Crippen molar-refractivity contribution in [3.8, 4) is 0 Å². The number of nitrogens with zero attached hydrogens (tertiary/aromatic N) is 7. The number of anilines is 1. The third-order valence-electron chi connectivity index (χ3n) is 9.18. The summed E-state index contributed by atoms with van der Waals surface area (Å²) in [5.41, 5.74) is 0.686. The van der Waals surface area contributed by atoms with Crippen LogP contribution in [0, 0.1) is 0 Å². The Balaban J connectivity index is 1.11. The van der Waals surface area contributed by atoms with Crippen molar-refractivity contribution in [2.75, 3.05) is 38.8 Å². The molecule has 2 bridgehead atoms. The molecule has 8 rings (SSSR count). The summed E-state index contributed by atoms with van der Waals surface area (Å²) in [6.07, 6.45) is -4.33. The van der Waals surface area contributed by atoms with Crippen LogP contribution in [0.1, 0.15) is 24.4 Å². The second kappa shape index (κ2) is 13.5. The molecule has 4 aliphatic rings. The molecule has 4 N–H and O–H groups in total. The predicted octanol–water partition coefficient (Wildman–Crippen LogP) is 0.671. The third-order valence-corrected chi connectivity index (χ3v) is 11.7. The lowest BCUT2D eigenvalue weighted by Crippen LogP contribution is -2.37. The van der Waals surface area contributed by atoms with E-state index in [1.54, 1.807) is 6.20 Å². The number of methoxy groups -OCH3 is 1. The van der Waals surface area contributed by atoms with Crippen LogP contribution in [0.4, 0.5) is 10.2 Å². The lowest BCUT2D eigenvalue weighted by molar-refractivity contribution is -0.0642. The Labute approximate surface area is 292 Å². The first-order valence-corrected chi connectivity index (χ1v) is 20.0. The predicted molar refractivity (Wildman–Crippen MR) is 175 cm³/mol. The van der Waals surface area contributed by atoms with E-state index >= 15 is 4.39 Å². The van der Waals surface area contributed by atoms with Crippen LogP contribution in [0.3, 0.4) is 0 Å². The number of hydrogen-bond donors (Lipinski definition) is 4. The normalized spacial score (nSPS) is 35.9. The lowest BCUT2D eigenvalue weighted by Gasteiger charge is -2.26. The van der Waals surface area contributed by atoms with Gasteiger partial charge in [0.2, 0.25) is 0 Å². The lowest BCUT2D eigenvalue weighted by atomic mass is 10.1. The number of halogens is 1. The second-order valence-corrected chi connectivity index (χ2v) is 16.4. The molecular weight excluding hydrogens is 741 g/mol. The minimum Gasteiger partial charge on any atom is -0.395 e. The van der Waals surface area contributed by atoms with E-state index in [0.29, 0.717) is 29.8 Å². The van der Waals surface area contributed by atoms with Crippen molar-refractivity contribution >= 4 is 54.4 Å². The fourth-order valence-electron chi connectivity index (χ4n) is 6.91. The number of aromatic nitrogens is 7. The number of nitrogens with one attached hydrogen (secondary N) is 1. The van der Waals surface area contributed by atoms with Crippen LogP contribution in [0.15, 0.2) is 30.0 Å². The van der Waals surface area contributed by atoms with Gasteiger partial charge in [-0.25, -0.2) is 28.9 Å². The molecule has 3 saturated heterocycles. The third kappa shape index (κ3) is 6.35. The van der Waals surface area contributed by atoms with Gasteiger partial charge in [0.15, 0.2) is 29.8 Å². The molecule has 4 aromatic heterocycles. The van der Waals surface area contributed by atoms with Crippen molar-refractivity contribution in [1.82, 2.24) is 33.6 Å². The first-order chi connectivity index (χ1) is 24.5. The molecule has 0 radical (unpaired) electrons. The summed E-state index contributed by atoms with van der Waals surface area (Å²) in [6, 6.07) is 0. The van der Waals surface area contributed by atoms with E-state index in [4.69, 9.17) is 44.1 Å². The average molecular weight is 775 g/mol. The van der Waals surface area contributed by atoms with Crippen LogP contribution < -0.4 is 10.9 Å². The molecule has 10 atom stereocenters. The first kappa shape index (κ1) is 35.2. The molecule has 0 saturated carbocycles. The molecule has 276 valence electrons. The van der Waals surface area contributed by atoms with E-state index in [2.05, 4.69) is 25.3 Å². The fourth-order valence-corrected chi connectivity index (χ4v) is 9.27. The number of ether oxygens (including phenoxy) is 3. The number of aliphatic hydroxyl groups excluding tert-OH is 1. The number of aliphatic hydroxyl groups is 1. The number of alkyl halides is 1. The zero-order valence-electron chi connectivity index (χ0n) is 26.7. The molecule has 0 spiro atoms. The zero-order chi connectivity index (χ0) is 35.7. The summed E-state index contributed by atoms with van der Waals surface area (Å²) in [4.78, 5) is 52.3. The van der Waals surface area contributed by atoms with Gasteiger partial charge < -0.3 is 43.5 Å². The molecular formula is C27H33FN8O12P2S. The SMILES string of the molecule is CO[C@H]1[C@H]2OP(=O)(O)OC[C@H]3O[C@@H](n4cc5c6c(ncnc64)NCCC5)[C@H](F)[C@@H]3OP(O)(=S)OC[C@H]1O[C@H]2n1cnc2c(=O)n(CCO)cnc21. The average Bonchev–Trinajstić information content (AvgIpc) is 3.81. The van der Waals surface area contributed by atoms with Crippen LogP contribution in [-0.4, -0.2) is 119 Å². The van der Waals surface area contributed by atoms with E-state index in [-0.39, 0.29) is 24.3 Å². The summed E-state index contributed by atoms with van der Waals surface area (Å²) < 4.78 is 74.2. The molecule has 3 fully saturated rings. The van der Waals surface area contributed by atoms with Gasteiger partial charge in [-0.2, -0.15) is 0 Å². The Kier molecular flexibility index (Phi) is 9.36. The summed E-state index contributed by atoms with van der Waals surface area (Å²) in [5, 5.41) is 13.2. The number of imidazole rings is 1. The molecule has 8 heterocycles. The summed E-state index contributed by atoms with van der Waals surface area (Å²) in [6.45, 7) is -5.11. The van der Waals surface area contributed by atoms with Crippen molar-refractivity contribution in [1.29, 1.82) is 0 Å². The van der Waals surface area contributed by atoms with Gasteiger partial charge in [0, 0.05) is 19.9 Å². The van der Waals surface area contributed by atoms with Gasteiger partial charge in [-0.1, -0.05) is 0 Å². The Morgan fingerprint density at radius 2 is 1.84 bits per heavy atom. The molecule has 4 aromatic rings. The largest absolute Gasteiger partial charge is 0.472 e. The van der Waals surface area contributed by atoms with Gasteiger partial charge in [0.05, 0.1) is 38.1 Å². The van der Waals surface area contributed by atoms with Crippen molar-refractivity contribution in [3.05, 3.63) is 41.1 Å². The molecule has 20 nitrogen and oxygen atoms in total. The van der Waals surface area contributed by atoms with E-state index in [1.165, 1.54) is 39.8 Å². The van der Waals surface area contributed by atoms with Gasteiger partial charge in [-0.3, -0.25) is 27.5 Å². The molecule has 2 unspecified atom stereocenters. The molecule has 4 aliphatic heterocycles. The Morgan fingerprint density at radius 3 is 2.65 bits per heavy atom. The maximum atomic E-state index is 16.5. The molecule has 0 aliphatic carbocycles. The molecule has 0 amide bonds. The first-order valence-electron chi connectivity index (χ1n) is 15.9. The van der Waals surface area contributed by atoms with Crippen LogP contribution in [0.5, 0.6) is 0 Å². The topological polar surface area (TPSA) is 238 Å². The van der Waals surface area contributed by atoms with E-state index in [1.807, 2.05) is 0 Å². The van der Waals surface area contributed by atoms with Crippen LogP contribution >= 0.6 is 14.5 Å². The van der Waals surface area contributed by atoms with Crippen LogP contribution in [-0.2, 0) is 61.6 Å². The van der Waals surface area contributed by atoms with Crippen molar-refractivity contribution in [2.24, 2.45) is 0 Å². The Bertz CT molecular complexity index is 2120. The van der Waals surface area contributed by atoms with E-state index < -0.39 is 82.5 Å². The van der Waals surface area contributed by atoms with E-state index in [9.17, 15) is 24.3 Å². The minimum absolute atomic E-state index is 0.0169. The molecule has 24 heteroatoms. The fraction of sp³-hybridized carbons (Fsp3) is 0.593. The highest BCUT2D eigenvalue weighted by atomic mass is 32.5. The second-order valence-electron chi connectivity index (χ2n) is 12.2. The number of aryl methyl sites for hydroxylation is 1. The Hall–Kier alpha value is -2.82. The van der Waals surface area contributed by atoms with Gasteiger partial charge in [0.1, 0.15) is 54.6 Å². The maximum absolute atomic E-state index is 16.5. The standard InChI is InChI=1S/C27H33FN8O12P2S/c1-42-20-15-9-44-50(41,51)48-19-14(45-26(17(19)28)35-7-13-3-2-4-29-22-16(13)23(35)31-10-30-22)8-43-49(39,40)47-21(20)27(46-15)36-12-32-18-24(36)33-11-34(5-6-37)25(18)38/h7,10-12,14-15,17,19-21,26-27,37H,2-6,8-9H2,1H3,(H,39,40)(H,41,51)(H,29,30,31)/t14-,15-,17-,19-,20-,21-,26-,27-,50?/m1/s1. The van der Waals surface area contributed by atoms with Gasteiger partial charge >= 0.3 is 14.5 Å². The van der Waals surface area contributed by atoms with Crippen molar-refractivity contribution < 1.29 is 56.2 Å². The Morgan fingerprint density at radius 1 is 1.04 bits per heavy atom. The maximum Gasteiger partial charge on any atom is 0.472 e. The highest BCUT2D eigenvalue weighted by Crippen LogP contribution is 2.54. The van der Waals surface area contributed by atoms with Crippen LogP contribution in [0.2, 0.25) is 0 Å². The summed E-state index contributed by atoms with van der Waals surface area (Å²) in [5.74, 6) is 0.599. The van der Waals surface area contributed by atoms with Crippen molar-refractivity contribution in [3.63, 3.8) is 0 Å². The van der Waals surface area contributed by atoms with Gasteiger partial charge in [-0.05, 0) is 30.2 Å². The quantitative estimate of drug-likeness (QED) is 0.204. The number of fused-ring (bicyclic) bond motifs is 4. The van der Waals surface area contributed by atoms with Crippen LogP contribution in [0.25, 0.3) is 22.2 Å². The molecule has 0 aromatic carbocycles. The molecule has 51 heavy (non-hydrogen) atoms. The zero-order valence-corrected chi connectivity index (χ0v) is 29.3. The highest BCUT2D eigenvalue weighted by molar-refractivity contribution is 8.07. The number of rotatable bonds is 5. The van der Waals surface area contributed by atoms with E-state index in [0.717, 1.165) is 12.0 Å². The highest BCUT2D eigenvalue weighted by Gasteiger charge is 2.54. The van der Waals surface area contributed by atoms with Gasteiger partial charge in [-0.15, -0.1) is 0 Å². The monoisotopic (exact) mass is 774 g/mol.